The van der Waals surface area contributed by atoms with E-state index in [2.05, 4.69) is 49.6 Å². The van der Waals surface area contributed by atoms with Gasteiger partial charge in [0, 0.05) is 32.7 Å². The van der Waals surface area contributed by atoms with Crippen LogP contribution in [0.1, 0.15) is 41.0 Å². The molecular formula is C17H37N3O. The normalized spacial score (nSPS) is 17.7. The summed E-state index contributed by atoms with van der Waals surface area (Å²) in [7, 11) is 4.10. The Morgan fingerprint density at radius 2 is 1.62 bits per heavy atom. The van der Waals surface area contributed by atoms with Crippen LogP contribution in [0.5, 0.6) is 0 Å². The Morgan fingerprint density at radius 3 is 2.00 bits per heavy atom. The lowest BCUT2D eigenvalue weighted by Gasteiger charge is -2.36. The summed E-state index contributed by atoms with van der Waals surface area (Å²) < 4.78 is 0. The van der Waals surface area contributed by atoms with Crippen molar-refractivity contribution in [1.29, 1.82) is 0 Å². The van der Waals surface area contributed by atoms with Crippen molar-refractivity contribution in [3.8, 4) is 0 Å². The molecule has 126 valence electrons. The number of carbonyl (C=O) groups is 1. The van der Waals surface area contributed by atoms with Crippen LogP contribution in [0.3, 0.4) is 0 Å². The summed E-state index contributed by atoms with van der Waals surface area (Å²) in [5.74, 6) is 1.09. The van der Waals surface area contributed by atoms with Gasteiger partial charge in [-0.15, -0.1) is 0 Å². The largest absolute Gasteiger partial charge is 0.340 e. The highest BCUT2D eigenvalue weighted by Gasteiger charge is 2.27. The second kappa shape index (κ2) is 11.0. The third-order valence-electron chi connectivity index (χ3n) is 3.82. The van der Waals surface area contributed by atoms with Crippen LogP contribution in [0.2, 0.25) is 0 Å². The van der Waals surface area contributed by atoms with E-state index in [1.54, 1.807) is 0 Å². The molecule has 1 rings (SSSR count). The minimum Gasteiger partial charge on any atom is -0.340 e. The SMILES string of the molecule is CC.CCN1CCN(C(=O)C(CC(C)C)CN(C)C)CC1. The maximum atomic E-state index is 12.6. The van der Waals surface area contributed by atoms with Crippen molar-refractivity contribution in [1.82, 2.24) is 14.7 Å². The molecule has 1 aliphatic heterocycles. The molecule has 0 saturated carbocycles. The topological polar surface area (TPSA) is 26.8 Å². The summed E-state index contributed by atoms with van der Waals surface area (Å²) in [6, 6.07) is 0. The molecule has 1 heterocycles. The molecule has 0 aliphatic carbocycles. The zero-order chi connectivity index (χ0) is 16.4. The van der Waals surface area contributed by atoms with Crippen molar-refractivity contribution in [3.05, 3.63) is 0 Å². The Balaban J connectivity index is 0.00000191. The van der Waals surface area contributed by atoms with Crippen LogP contribution in [0.25, 0.3) is 0 Å². The Morgan fingerprint density at radius 1 is 1.10 bits per heavy atom. The van der Waals surface area contributed by atoms with E-state index >= 15 is 0 Å². The fourth-order valence-electron chi connectivity index (χ4n) is 2.81. The van der Waals surface area contributed by atoms with Crippen molar-refractivity contribution in [3.63, 3.8) is 0 Å². The maximum Gasteiger partial charge on any atom is 0.227 e. The average molecular weight is 300 g/mol. The van der Waals surface area contributed by atoms with E-state index in [0.717, 1.165) is 45.7 Å². The number of piperazine rings is 1. The minimum atomic E-state index is 0.156. The highest BCUT2D eigenvalue weighted by molar-refractivity contribution is 5.79. The second-order valence-corrected chi connectivity index (χ2v) is 6.35. The number of rotatable bonds is 6. The van der Waals surface area contributed by atoms with E-state index in [-0.39, 0.29) is 5.92 Å². The molecule has 0 radical (unpaired) electrons. The van der Waals surface area contributed by atoms with Gasteiger partial charge in [-0.05, 0) is 33.0 Å². The Labute approximate surface area is 132 Å². The molecule has 1 saturated heterocycles. The van der Waals surface area contributed by atoms with E-state index in [4.69, 9.17) is 0 Å². The molecular weight excluding hydrogens is 262 g/mol. The molecule has 0 N–H and O–H groups in total. The van der Waals surface area contributed by atoms with E-state index < -0.39 is 0 Å². The van der Waals surface area contributed by atoms with Gasteiger partial charge in [-0.2, -0.15) is 0 Å². The molecule has 1 fully saturated rings. The van der Waals surface area contributed by atoms with Gasteiger partial charge in [0.25, 0.3) is 0 Å². The Hall–Kier alpha value is -0.610. The van der Waals surface area contributed by atoms with E-state index in [1.165, 1.54) is 0 Å². The van der Waals surface area contributed by atoms with Crippen LogP contribution in [0.4, 0.5) is 0 Å². The van der Waals surface area contributed by atoms with Gasteiger partial charge in [0.15, 0.2) is 0 Å². The first kappa shape index (κ1) is 20.4. The molecule has 0 aromatic rings. The summed E-state index contributed by atoms with van der Waals surface area (Å²) in [6.07, 6.45) is 0.991. The Bertz CT molecular complexity index is 261. The van der Waals surface area contributed by atoms with Crippen molar-refractivity contribution in [2.24, 2.45) is 11.8 Å². The zero-order valence-corrected chi connectivity index (χ0v) is 15.4. The molecule has 1 atom stereocenters. The van der Waals surface area contributed by atoms with Crippen molar-refractivity contribution >= 4 is 5.91 Å². The number of likely N-dealkylation sites (N-methyl/N-ethyl adjacent to an activating group) is 1. The van der Waals surface area contributed by atoms with Crippen LogP contribution < -0.4 is 0 Å². The number of hydrogen-bond acceptors (Lipinski definition) is 3. The van der Waals surface area contributed by atoms with Gasteiger partial charge in [-0.1, -0.05) is 34.6 Å². The minimum absolute atomic E-state index is 0.156. The molecule has 0 aromatic heterocycles. The fraction of sp³-hybridized carbons (Fsp3) is 0.941. The fourth-order valence-corrected chi connectivity index (χ4v) is 2.81. The van der Waals surface area contributed by atoms with E-state index in [9.17, 15) is 4.79 Å². The predicted molar refractivity (Wildman–Crippen MR) is 91.5 cm³/mol. The van der Waals surface area contributed by atoms with Gasteiger partial charge in [-0.25, -0.2) is 0 Å². The smallest absolute Gasteiger partial charge is 0.227 e. The third-order valence-corrected chi connectivity index (χ3v) is 3.82. The van der Waals surface area contributed by atoms with Crippen LogP contribution >= 0.6 is 0 Å². The number of nitrogens with zero attached hydrogens (tertiary/aromatic N) is 3. The summed E-state index contributed by atoms with van der Waals surface area (Å²) in [5, 5.41) is 0. The van der Waals surface area contributed by atoms with Crippen LogP contribution in [0.15, 0.2) is 0 Å². The number of amides is 1. The summed E-state index contributed by atoms with van der Waals surface area (Å²) in [4.78, 5) is 19.3. The third kappa shape index (κ3) is 7.82. The maximum absolute atomic E-state index is 12.6. The van der Waals surface area contributed by atoms with Crippen LogP contribution in [-0.4, -0.2) is 74.0 Å². The van der Waals surface area contributed by atoms with E-state index in [0.29, 0.717) is 11.8 Å². The Kier molecular flexibility index (Phi) is 10.7. The molecule has 0 bridgehead atoms. The number of hydrogen-bond donors (Lipinski definition) is 0. The molecule has 21 heavy (non-hydrogen) atoms. The molecule has 1 amide bonds. The zero-order valence-electron chi connectivity index (χ0n) is 15.4. The van der Waals surface area contributed by atoms with Gasteiger partial charge >= 0.3 is 0 Å². The lowest BCUT2D eigenvalue weighted by molar-refractivity contribution is -0.138. The quantitative estimate of drug-likeness (QED) is 0.753. The summed E-state index contributed by atoms with van der Waals surface area (Å²) in [6.45, 7) is 16.4. The molecule has 0 aromatic carbocycles. The first-order valence-corrected chi connectivity index (χ1v) is 8.59. The monoisotopic (exact) mass is 299 g/mol. The lowest BCUT2D eigenvalue weighted by atomic mass is 9.95. The van der Waals surface area contributed by atoms with Gasteiger partial charge in [0.1, 0.15) is 0 Å². The molecule has 1 unspecified atom stereocenters. The van der Waals surface area contributed by atoms with Crippen LogP contribution in [0, 0.1) is 11.8 Å². The van der Waals surface area contributed by atoms with Crippen molar-refractivity contribution < 1.29 is 4.79 Å². The van der Waals surface area contributed by atoms with Crippen molar-refractivity contribution in [2.75, 3.05) is 53.4 Å². The highest BCUT2D eigenvalue weighted by atomic mass is 16.2. The van der Waals surface area contributed by atoms with Crippen molar-refractivity contribution in [2.45, 2.75) is 41.0 Å². The molecule has 4 heteroatoms. The first-order valence-electron chi connectivity index (χ1n) is 8.59. The van der Waals surface area contributed by atoms with Gasteiger partial charge in [0.05, 0.1) is 5.92 Å². The van der Waals surface area contributed by atoms with Gasteiger partial charge in [-0.3, -0.25) is 4.79 Å². The molecule has 4 nitrogen and oxygen atoms in total. The second-order valence-electron chi connectivity index (χ2n) is 6.35. The van der Waals surface area contributed by atoms with Gasteiger partial charge < -0.3 is 14.7 Å². The number of carbonyl (C=O) groups excluding carboxylic acids is 1. The first-order chi connectivity index (χ1) is 9.93. The summed E-state index contributed by atoms with van der Waals surface area (Å²) >= 11 is 0. The average Bonchev–Trinajstić information content (AvgIpc) is 2.47. The highest BCUT2D eigenvalue weighted by Crippen LogP contribution is 2.17. The van der Waals surface area contributed by atoms with Gasteiger partial charge in [0.2, 0.25) is 5.91 Å². The predicted octanol–water partition coefficient (Wildman–Crippen LogP) is 2.40. The molecule has 0 spiro atoms. The summed E-state index contributed by atoms with van der Waals surface area (Å²) in [5.41, 5.74) is 0. The van der Waals surface area contributed by atoms with E-state index in [1.807, 2.05) is 13.8 Å². The van der Waals surface area contributed by atoms with Crippen LogP contribution in [-0.2, 0) is 4.79 Å². The molecule has 1 aliphatic rings. The standard InChI is InChI=1S/C15H31N3O.C2H6/c1-6-17-7-9-18(10-8-17)15(19)14(11-13(2)3)12-16(4)5;1-2/h13-14H,6-12H2,1-5H3;1-2H3. The lowest BCUT2D eigenvalue weighted by Crippen LogP contribution is -2.51.